The van der Waals surface area contributed by atoms with E-state index in [0.717, 1.165) is 29.5 Å². The Hall–Kier alpha value is -0.870. The summed E-state index contributed by atoms with van der Waals surface area (Å²) in [5, 5.41) is 9.40. The number of nitrogens with zero attached hydrogens (tertiary/aromatic N) is 1. The van der Waals surface area contributed by atoms with Crippen LogP contribution in [0.1, 0.15) is 24.8 Å². The van der Waals surface area contributed by atoms with Crippen molar-refractivity contribution in [2.45, 2.75) is 19.3 Å². The Bertz CT molecular complexity index is 418. The molecule has 1 heterocycles. The average molecular weight is 312 g/mol. The molecule has 1 fully saturated rings. The van der Waals surface area contributed by atoms with Crippen LogP contribution in [0, 0.1) is 5.92 Å². The predicted octanol–water partition coefficient (Wildman–Crippen LogP) is 2.96. The van der Waals surface area contributed by atoms with Gasteiger partial charge < -0.3 is 10.0 Å². The zero-order chi connectivity index (χ0) is 13.1. The van der Waals surface area contributed by atoms with Crippen molar-refractivity contribution in [3.8, 4) is 0 Å². The van der Waals surface area contributed by atoms with Gasteiger partial charge in [0.15, 0.2) is 0 Å². The van der Waals surface area contributed by atoms with Gasteiger partial charge in [-0.1, -0.05) is 35.0 Å². The number of hydrogen-bond acceptors (Lipinski definition) is 2. The van der Waals surface area contributed by atoms with E-state index in [4.69, 9.17) is 0 Å². The van der Waals surface area contributed by atoms with Crippen molar-refractivity contribution in [3.63, 3.8) is 0 Å². The first-order valence-electron chi connectivity index (χ1n) is 6.32. The summed E-state index contributed by atoms with van der Waals surface area (Å²) in [7, 11) is 0. The standard InChI is InChI=1S/C14H18BrNO2/c1-2-16-8-7-12(13(9-16)14(17)18)10-3-5-11(15)6-4-10/h3-6,12-13H,2,7-9H2,1H3,(H,17,18). The molecule has 0 saturated carbocycles. The summed E-state index contributed by atoms with van der Waals surface area (Å²) in [6.45, 7) is 4.66. The predicted molar refractivity (Wildman–Crippen MR) is 74.7 cm³/mol. The summed E-state index contributed by atoms with van der Waals surface area (Å²) >= 11 is 3.41. The summed E-state index contributed by atoms with van der Waals surface area (Å²) in [5.41, 5.74) is 1.14. The molecular formula is C14H18BrNO2. The molecule has 1 aliphatic heterocycles. The Kier molecular flexibility index (Phi) is 4.40. The van der Waals surface area contributed by atoms with Gasteiger partial charge in [-0.05, 0) is 43.1 Å². The number of carboxylic acids is 1. The van der Waals surface area contributed by atoms with Crippen LogP contribution in [0.5, 0.6) is 0 Å². The van der Waals surface area contributed by atoms with Crippen molar-refractivity contribution in [2.75, 3.05) is 19.6 Å². The first-order valence-corrected chi connectivity index (χ1v) is 7.11. The Labute approximate surface area is 116 Å². The number of rotatable bonds is 3. The van der Waals surface area contributed by atoms with E-state index in [2.05, 4.69) is 27.8 Å². The van der Waals surface area contributed by atoms with E-state index in [1.807, 2.05) is 24.3 Å². The number of likely N-dealkylation sites (tertiary alicyclic amines) is 1. The van der Waals surface area contributed by atoms with E-state index < -0.39 is 5.97 Å². The second-order valence-electron chi connectivity index (χ2n) is 4.78. The minimum Gasteiger partial charge on any atom is -0.481 e. The Morgan fingerprint density at radius 1 is 1.44 bits per heavy atom. The van der Waals surface area contributed by atoms with Gasteiger partial charge in [0.1, 0.15) is 0 Å². The second kappa shape index (κ2) is 5.85. The van der Waals surface area contributed by atoms with Gasteiger partial charge in [-0.2, -0.15) is 0 Å². The van der Waals surface area contributed by atoms with Crippen LogP contribution >= 0.6 is 15.9 Å². The highest BCUT2D eigenvalue weighted by Crippen LogP contribution is 2.33. The lowest BCUT2D eigenvalue weighted by atomic mass is 9.80. The van der Waals surface area contributed by atoms with Crippen LogP contribution in [0.25, 0.3) is 0 Å². The molecule has 1 saturated heterocycles. The number of hydrogen-bond donors (Lipinski definition) is 1. The molecule has 0 bridgehead atoms. The lowest BCUT2D eigenvalue weighted by Crippen LogP contribution is -2.42. The molecule has 1 N–H and O–H groups in total. The van der Waals surface area contributed by atoms with Crippen molar-refractivity contribution < 1.29 is 9.90 Å². The van der Waals surface area contributed by atoms with E-state index in [1.54, 1.807) is 0 Å². The van der Waals surface area contributed by atoms with Crippen molar-refractivity contribution in [3.05, 3.63) is 34.3 Å². The van der Waals surface area contributed by atoms with Crippen molar-refractivity contribution in [1.82, 2.24) is 4.90 Å². The maximum atomic E-state index is 11.4. The molecule has 0 amide bonds. The monoisotopic (exact) mass is 311 g/mol. The molecule has 0 radical (unpaired) electrons. The van der Waals surface area contributed by atoms with Gasteiger partial charge >= 0.3 is 5.97 Å². The van der Waals surface area contributed by atoms with Crippen LogP contribution in [-0.2, 0) is 4.79 Å². The smallest absolute Gasteiger partial charge is 0.308 e. The maximum Gasteiger partial charge on any atom is 0.308 e. The summed E-state index contributed by atoms with van der Waals surface area (Å²) in [5.74, 6) is -0.834. The van der Waals surface area contributed by atoms with Crippen LogP contribution in [0.2, 0.25) is 0 Å². The quantitative estimate of drug-likeness (QED) is 0.933. The van der Waals surface area contributed by atoms with Crippen LogP contribution in [-0.4, -0.2) is 35.6 Å². The minimum absolute atomic E-state index is 0.137. The Morgan fingerprint density at radius 2 is 2.11 bits per heavy atom. The van der Waals surface area contributed by atoms with Crippen molar-refractivity contribution in [2.24, 2.45) is 5.92 Å². The highest BCUT2D eigenvalue weighted by molar-refractivity contribution is 9.10. The van der Waals surface area contributed by atoms with Crippen molar-refractivity contribution >= 4 is 21.9 Å². The van der Waals surface area contributed by atoms with E-state index in [1.165, 1.54) is 0 Å². The van der Waals surface area contributed by atoms with Gasteiger partial charge in [0, 0.05) is 11.0 Å². The van der Waals surface area contributed by atoms with Gasteiger partial charge in [0.25, 0.3) is 0 Å². The second-order valence-corrected chi connectivity index (χ2v) is 5.70. The maximum absolute atomic E-state index is 11.4. The van der Waals surface area contributed by atoms with Gasteiger partial charge in [-0.15, -0.1) is 0 Å². The molecule has 18 heavy (non-hydrogen) atoms. The molecule has 4 heteroatoms. The van der Waals surface area contributed by atoms with Crippen LogP contribution in [0.15, 0.2) is 28.7 Å². The minimum atomic E-state index is -0.680. The molecule has 98 valence electrons. The number of halogens is 1. The number of carbonyl (C=O) groups is 1. The normalized spacial score (nSPS) is 25.0. The first kappa shape index (κ1) is 13.6. The van der Waals surface area contributed by atoms with E-state index >= 15 is 0 Å². The fourth-order valence-corrected chi connectivity index (χ4v) is 2.93. The largest absolute Gasteiger partial charge is 0.481 e. The SMILES string of the molecule is CCN1CCC(c2ccc(Br)cc2)C(C(=O)O)C1. The molecule has 3 nitrogen and oxygen atoms in total. The molecule has 1 aromatic carbocycles. The molecule has 2 atom stereocenters. The zero-order valence-corrected chi connectivity index (χ0v) is 12.1. The van der Waals surface area contributed by atoms with E-state index in [9.17, 15) is 9.90 Å². The third-order valence-electron chi connectivity index (χ3n) is 3.76. The number of aliphatic carboxylic acids is 1. The fraction of sp³-hybridized carbons (Fsp3) is 0.500. The third kappa shape index (κ3) is 2.93. The summed E-state index contributed by atoms with van der Waals surface area (Å²) in [4.78, 5) is 13.6. The molecule has 0 aromatic heterocycles. The van der Waals surface area contributed by atoms with Gasteiger partial charge in [-0.25, -0.2) is 0 Å². The van der Waals surface area contributed by atoms with Gasteiger partial charge in [-0.3, -0.25) is 4.79 Å². The van der Waals surface area contributed by atoms with Crippen LogP contribution in [0.3, 0.4) is 0 Å². The lowest BCUT2D eigenvalue weighted by molar-refractivity contribution is -0.144. The van der Waals surface area contributed by atoms with Crippen LogP contribution in [0.4, 0.5) is 0 Å². The fourth-order valence-electron chi connectivity index (χ4n) is 2.67. The Morgan fingerprint density at radius 3 is 2.67 bits per heavy atom. The van der Waals surface area contributed by atoms with Gasteiger partial charge in [0.2, 0.25) is 0 Å². The zero-order valence-electron chi connectivity index (χ0n) is 10.5. The topological polar surface area (TPSA) is 40.5 Å². The molecule has 0 aliphatic carbocycles. The average Bonchev–Trinajstić information content (AvgIpc) is 2.39. The highest BCUT2D eigenvalue weighted by atomic mass is 79.9. The molecular weight excluding hydrogens is 294 g/mol. The number of benzene rings is 1. The lowest BCUT2D eigenvalue weighted by Gasteiger charge is -2.36. The molecule has 0 spiro atoms. The first-order chi connectivity index (χ1) is 8.61. The molecule has 1 aliphatic rings. The highest BCUT2D eigenvalue weighted by Gasteiger charge is 2.34. The van der Waals surface area contributed by atoms with Crippen LogP contribution < -0.4 is 0 Å². The van der Waals surface area contributed by atoms with E-state index in [0.29, 0.717) is 6.54 Å². The van der Waals surface area contributed by atoms with Gasteiger partial charge in [0.05, 0.1) is 5.92 Å². The summed E-state index contributed by atoms with van der Waals surface area (Å²) in [6, 6.07) is 8.04. The Balaban J connectivity index is 2.20. The number of piperidine rings is 1. The molecule has 1 aromatic rings. The summed E-state index contributed by atoms with van der Waals surface area (Å²) < 4.78 is 1.03. The molecule has 2 unspecified atom stereocenters. The number of carboxylic acid groups (broad SMARTS) is 1. The molecule has 2 rings (SSSR count). The summed E-state index contributed by atoms with van der Waals surface area (Å²) in [6.07, 6.45) is 0.923. The van der Waals surface area contributed by atoms with E-state index in [-0.39, 0.29) is 11.8 Å². The third-order valence-corrected chi connectivity index (χ3v) is 4.29. The van der Waals surface area contributed by atoms with Crippen molar-refractivity contribution in [1.29, 1.82) is 0 Å².